The van der Waals surface area contributed by atoms with Gasteiger partial charge in [-0.3, -0.25) is 0 Å². The lowest BCUT2D eigenvalue weighted by atomic mass is 10.1. The Balaban J connectivity index is 2.43. The van der Waals surface area contributed by atoms with E-state index >= 15 is 0 Å². The van der Waals surface area contributed by atoms with E-state index in [1.165, 1.54) is 10.9 Å². The van der Waals surface area contributed by atoms with Crippen molar-refractivity contribution in [3.63, 3.8) is 0 Å². The van der Waals surface area contributed by atoms with Gasteiger partial charge >= 0.3 is 0 Å². The molecule has 0 saturated carbocycles. The van der Waals surface area contributed by atoms with Crippen LogP contribution in [0, 0.1) is 12.7 Å². The molecule has 0 amide bonds. The van der Waals surface area contributed by atoms with Crippen LogP contribution in [-0.4, -0.2) is 4.98 Å². The lowest BCUT2D eigenvalue weighted by Gasteiger charge is -1.99. The van der Waals surface area contributed by atoms with Crippen molar-refractivity contribution in [1.29, 1.82) is 0 Å². The molecule has 94 valence electrons. The number of hydrogen-bond acceptors (Lipinski definition) is 2. The molecule has 0 radical (unpaired) electrons. The number of aryl methyl sites for hydroxylation is 2. The first-order valence-electron chi connectivity index (χ1n) is 6.04. The smallest absolute Gasteiger partial charge is 0.126 e. The van der Waals surface area contributed by atoms with Crippen molar-refractivity contribution in [2.24, 2.45) is 0 Å². The highest BCUT2D eigenvalue weighted by molar-refractivity contribution is 7.15. The lowest BCUT2D eigenvalue weighted by Crippen LogP contribution is -1.84. The van der Waals surface area contributed by atoms with Crippen molar-refractivity contribution in [1.82, 2.24) is 4.98 Å². The minimum atomic E-state index is -0.173. The van der Waals surface area contributed by atoms with Crippen LogP contribution < -0.4 is 0 Å². The molecule has 1 heterocycles. The molecule has 1 aromatic carbocycles. The molecular formula is C15H16FNS. The van der Waals surface area contributed by atoms with E-state index in [-0.39, 0.29) is 5.82 Å². The van der Waals surface area contributed by atoms with E-state index in [1.54, 1.807) is 30.4 Å². The summed E-state index contributed by atoms with van der Waals surface area (Å²) in [5.41, 5.74) is 2.59. The van der Waals surface area contributed by atoms with Gasteiger partial charge in [0, 0.05) is 10.4 Å². The maximum Gasteiger partial charge on any atom is 0.126 e. The molecule has 2 rings (SSSR count). The van der Waals surface area contributed by atoms with Crippen molar-refractivity contribution in [3.05, 3.63) is 46.7 Å². The van der Waals surface area contributed by atoms with Gasteiger partial charge in [-0.15, -0.1) is 11.3 Å². The van der Waals surface area contributed by atoms with Gasteiger partial charge in [0.1, 0.15) is 10.8 Å². The lowest BCUT2D eigenvalue weighted by molar-refractivity contribution is 0.619. The van der Waals surface area contributed by atoms with Gasteiger partial charge in [-0.05, 0) is 43.2 Å². The van der Waals surface area contributed by atoms with Gasteiger partial charge in [0.2, 0.25) is 0 Å². The van der Waals surface area contributed by atoms with Gasteiger partial charge in [0.15, 0.2) is 0 Å². The summed E-state index contributed by atoms with van der Waals surface area (Å²) >= 11 is 1.67. The first-order valence-corrected chi connectivity index (χ1v) is 6.86. The molecule has 0 saturated heterocycles. The van der Waals surface area contributed by atoms with Crippen LogP contribution in [0.15, 0.2) is 24.8 Å². The van der Waals surface area contributed by atoms with Gasteiger partial charge < -0.3 is 0 Å². The Hall–Kier alpha value is -1.48. The first-order chi connectivity index (χ1) is 8.65. The summed E-state index contributed by atoms with van der Waals surface area (Å²) in [6, 6.07) is 5.12. The fraction of sp³-hybridized carbons (Fsp3) is 0.267. The Morgan fingerprint density at radius 1 is 1.44 bits per heavy atom. The third-order valence-electron chi connectivity index (χ3n) is 2.80. The molecule has 0 unspecified atom stereocenters. The summed E-state index contributed by atoms with van der Waals surface area (Å²) < 4.78 is 13.3. The highest BCUT2D eigenvalue weighted by atomic mass is 32.1. The molecule has 1 aromatic heterocycles. The molecule has 3 heteroatoms. The van der Waals surface area contributed by atoms with E-state index in [9.17, 15) is 4.39 Å². The summed E-state index contributed by atoms with van der Waals surface area (Å²) in [4.78, 5) is 5.82. The van der Waals surface area contributed by atoms with E-state index < -0.39 is 0 Å². The summed E-state index contributed by atoms with van der Waals surface area (Å²) in [7, 11) is 0. The van der Waals surface area contributed by atoms with Gasteiger partial charge in [0.25, 0.3) is 0 Å². The predicted octanol–water partition coefficient (Wildman–Crippen LogP) is 4.85. The average molecular weight is 261 g/mol. The highest BCUT2D eigenvalue weighted by Gasteiger charge is 2.10. The Bertz CT molecular complexity index is 572. The topological polar surface area (TPSA) is 12.9 Å². The molecule has 18 heavy (non-hydrogen) atoms. The van der Waals surface area contributed by atoms with Crippen LogP contribution in [-0.2, 0) is 6.42 Å². The third-order valence-corrected chi connectivity index (χ3v) is 3.98. The Morgan fingerprint density at radius 3 is 2.83 bits per heavy atom. The van der Waals surface area contributed by atoms with Crippen molar-refractivity contribution >= 4 is 17.4 Å². The summed E-state index contributed by atoms with van der Waals surface area (Å²) in [6.45, 7) is 7.72. The standard InChI is InChI=1S/C15H16FNS/c1-4-6-14-13(5-2)17-15(18-14)11-7-8-12(16)10(3)9-11/h5,7-9H,2,4,6H2,1,3H3. The molecule has 0 bridgehead atoms. The predicted molar refractivity (Wildman–Crippen MR) is 76.3 cm³/mol. The van der Waals surface area contributed by atoms with Crippen LogP contribution in [0.5, 0.6) is 0 Å². The fourth-order valence-corrected chi connectivity index (χ4v) is 2.99. The largest absolute Gasteiger partial charge is 0.236 e. The summed E-state index contributed by atoms with van der Waals surface area (Å²) in [5, 5.41) is 0.941. The Labute approximate surface area is 111 Å². The van der Waals surface area contributed by atoms with Gasteiger partial charge in [-0.1, -0.05) is 19.9 Å². The first kappa shape index (κ1) is 13.0. The van der Waals surface area contributed by atoms with Crippen LogP contribution in [0.25, 0.3) is 16.6 Å². The van der Waals surface area contributed by atoms with Crippen LogP contribution in [0.2, 0.25) is 0 Å². The van der Waals surface area contributed by atoms with Crippen molar-refractivity contribution < 1.29 is 4.39 Å². The van der Waals surface area contributed by atoms with Gasteiger partial charge in [-0.25, -0.2) is 9.37 Å². The highest BCUT2D eigenvalue weighted by Crippen LogP contribution is 2.30. The number of benzene rings is 1. The zero-order chi connectivity index (χ0) is 13.1. The molecule has 2 aromatic rings. The number of hydrogen-bond donors (Lipinski definition) is 0. The van der Waals surface area contributed by atoms with Crippen LogP contribution in [0.1, 0.15) is 29.5 Å². The molecular weight excluding hydrogens is 245 g/mol. The maximum atomic E-state index is 13.3. The minimum absolute atomic E-state index is 0.173. The zero-order valence-corrected chi connectivity index (χ0v) is 11.5. The minimum Gasteiger partial charge on any atom is -0.236 e. The van der Waals surface area contributed by atoms with Crippen molar-refractivity contribution in [2.75, 3.05) is 0 Å². The normalized spacial score (nSPS) is 10.6. The molecule has 0 N–H and O–H groups in total. The van der Waals surface area contributed by atoms with E-state index in [1.807, 2.05) is 6.07 Å². The number of aromatic nitrogens is 1. The molecule has 1 nitrogen and oxygen atoms in total. The average Bonchev–Trinajstić information content (AvgIpc) is 2.76. The van der Waals surface area contributed by atoms with E-state index in [2.05, 4.69) is 18.5 Å². The molecule has 0 aliphatic heterocycles. The third kappa shape index (κ3) is 2.51. The molecule has 0 aliphatic rings. The van der Waals surface area contributed by atoms with E-state index in [0.717, 1.165) is 29.1 Å². The maximum absolute atomic E-state index is 13.3. The van der Waals surface area contributed by atoms with Crippen molar-refractivity contribution in [3.8, 4) is 10.6 Å². The number of nitrogens with zero attached hydrogens (tertiary/aromatic N) is 1. The van der Waals surface area contributed by atoms with Crippen LogP contribution in [0.4, 0.5) is 4.39 Å². The van der Waals surface area contributed by atoms with Gasteiger partial charge in [-0.2, -0.15) is 0 Å². The summed E-state index contributed by atoms with van der Waals surface area (Å²) in [5.74, 6) is -0.173. The van der Waals surface area contributed by atoms with E-state index in [0.29, 0.717) is 5.56 Å². The monoisotopic (exact) mass is 261 g/mol. The van der Waals surface area contributed by atoms with Gasteiger partial charge in [0.05, 0.1) is 5.69 Å². The van der Waals surface area contributed by atoms with E-state index in [4.69, 9.17) is 0 Å². The second kappa shape index (κ2) is 5.44. The summed E-state index contributed by atoms with van der Waals surface area (Å²) in [6.07, 6.45) is 3.89. The SMILES string of the molecule is C=Cc1nc(-c2ccc(F)c(C)c2)sc1CCC. The Morgan fingerprint density at radius 2 is 2.22 bits per heavy atom. The Kier molecular flexibility index (Phi) is 3.92. The second-order valence-corrected chi connectivity index (χ2v) is 5.33. The molecule has 0 fully saturated rings. The zero-order valence-electron chi connectivity index (χ0n) is 10.7. The fourth-order valence-electron chi connectivity index (χ4n) is 1.83. The van der Waals surface area contributed by atoms with Crippen molar-refractivity contribution in [2.45, 2.75) is 26.7 Å². The van der Waals surface area contributed by atoms with Crippen LogP contribution >= 0.6 is 11.3 Å². The molecule has 0 spiro atoms. The van der Waals surface area contributed by atoms with Crippen LogP contribution in [0.3, 0.4) is 0 Å². The number of halogens is 1. The number of thiazole rings is 1. The molecule has 0 atom stereocenters. The number of rotatable bonds is 4. The molecule has 0 aliphatic carbocycles. The quantitative estimate of drug-likeness (QED) is 0.766. The second-order valence-electron chi connectivity index (χ2n) is 4.25.